The molecule has 1 fully saturated rings. The third-order valence-corrected chi connectivity index (χ3v) is 7.11. The summed E-state index contributed by atoms with van der Waals surface area (Å²) in [6.07, 6.45) is 3.65. The molecule has 1 atom stereocenters. The number of aliphatic imine (C=N–C) groups is 1. The van der Waals surface area contributed by atoms with Crippen LogP contribution in [0.4, 0.5) is 5.69 Å². The quantitative estimate of drug-likeness (QED) is 0.235. The maximum Gasteiger partial charge on any atom is 0.320 e. The standard InChI is InChI=1S/C31H37N5O4/c1-20-7-6-8-23(17-20)24-13-14-27(36-15-4-3-5-16-36)25(28(24)40-2)19-34-31(33)35-29(37)22-11-9-21(10-12-22)18-26(32)30(38)39/h6-14,17,26H,3-5,15-16,18-19,32H2,1-2H3,(H,38,39)(H3,33,34,35,37)/t26-/m0/s1. The summed E-state index contributed by atoms with van der Waals surface area (Å²) in [6.45, 7) is 4.32. The zero-order chi connectivity index (χ0) is 28.6. The summed E-state index contributed by atoms with van der Waals surface area (Å²) < 4.78 is 5.98. The fraction of sp³-hybridized carbons (Fsp3) is 0.323. The first kappa shape index (κ1) is 28.6. The van der Waals surface area contributed by atoms with Crippen molar-refractivity contribution in [3.05, 3.63) is 82.9 Å². The van der Waals surface area contributed by atoms with Crippen molar-refractivity contribution in [2.75, 3.05) is 25.1 Å². The van der Waals surface area contributed by atoms with Crippen molar-refractivity contribution in [3.63, 3.8) is 0 Å². The smallest absolute Gasteiger partial charge is 0.320 e. The fourth-order valence-corrected chi connectivity index (χ4v) is 5.01. The first-order valence-corrected chi connectivity index (χ1v) is 13.5. The SMILES string of the molecule is COc1c(-c2cccc(C)c2)ccc(N2CCCCC2)c1CNC(N)=NC(=O)c1ccc(C[C@H](N)C(=O)O)cc1. The Morgan fingerprint density at radius 1 is 1.07 bits per heavy atom. The van der Waals surface area contributed by atoms with E-state index < -0.39 is 17.9 Å². The number of benzene rings is 3. The molecule has 0 saturated carbocycles. The third kappa shape index (κ3) is 6.98. The molecule has 1 amide bonds. The second-order valence-electron chi connectivity index (χ2n) is 10.1. The van der Waals surface area contributed by atoms with Crippen LogP contribution in [0.2, 0.25) is 0 Å². The number of amides is 1. The molecular formula is C31H37N5O4. The van der Waals surface area contributed by atoms with Crippen LogP contribution in [0.25, 0.3) is 11.1 Å². The van der Waals surface area contributed by atoms with Crippen molar-refractivity contribution in [1.82, 2.24) is 5.32 Å². The summed E-state index contributed by atoms with van der Waals surface area (Å²) in [5.41, 5.74) is 18.0. The molecule has 1 heterocycles. The number of piperidine rings is 1. The van der Waals surface area contributed by atoms with Gasteiger partial charge < -0.3 is 31.5 Å². The normalized spacial score (nSPS) is 14.5. The van der Waals surface area contributed by atoms with Gasteiger partial charge in [0.25, 0.3) is 5.91 Å². The van der Waals surface area contributed by atoms with Gasteiger partial charge in [0.05, 0.1) is 7.11 Å². The van der Waals surface area contributed by atoms with Crippen LogP contribution in [0, 0.1) is 6.92 Å². The molecule has 1 aliphatic rings. The van der Waals surface area contributed by atoms with Gasteiger partial charge in [-0.3, -0.25) is 9.59 Å². The molecule has 4 rings (SSSR count). The molecule has 1 aliphatic heterocycles. The lowest BCUT2D eigenvalue weighted by atomic mass is 9.97. The molecular weight excluding hydrogens is 506 g/mol. The van der Waals surface area contributed by atoms with Crippen LogP contribution in [-0.2, 0) is 17.8 Å². The molecule has 0 aliphatic carbocycles. The summed E-state index contributed by atoms with van der Waals surface area (Å²) in [5.74, 6) is -0.825. The molecule has 9 heteroatoms. The Morgan fingerprint density at radius 2 is 1.80 bits per heavy atom. The number of anilines is 1. The Hall–Kier alpha value is -4.37. The van der Waals surface area contributed by atoms with Gasteiger partial charge in [-0.15, -0.1) is 0 Å². The van der Waals surface area contributed by atoms with E-state index in [1.54, 1.807) is 31.4 Å². The van der Waals surface area contributed by atoms with Gasteiger partial charge in [-0.1, -0.05) is 42.0 Å². The number of aryl methyl sites for hydroxylation is 1. The van der Waals surface area contributed by atoms with Gasteiger partial charge in [0, 0.05) is 42.0 Å². The number of aliphatic carboxylic acids is 1. The number of methoxy groups -OCH3 is 1. The number of hydrogen-bond donors (Lipinski definition) is 4. The first-order chi connectivity index (χ1) is 19.3. The highest BCUT2D eigenvalue weighted by molar-refractivity contribution is 6.02. The van der Waals surface area contributed by atoms with Crippen molar-refractivity contribution in [3.8, 4) is 16.9 Å². The summed E-state index contributed by atoms with van der Waals surface area (Å²) in [6, 6.07) is 18.0. The molecule has 0 radical (unpaired) electrons. The van der Waals surface area contributed by atoms with E-state index in [1.807, 2.05) is 6.07 Å². The van der Waals surface area contributed by atoms with E-state index in [4.69, 9.17) is 21.3 Å². The Morgan fingerprint density at radius 3 is 2.45 bits per heavy atom. The average molecular weight is 544 g/mol. The lowest BCUT2D eigenvalue weighted by molar-refractivity contribution is -0.138. The number of ether oxygens (including phenoxy) is 1. The molecule has 0 aromatic heterocycles. The van der Waals surface area contributed by atoms with E-state index in [1.165, 1.54) is 6.42 Å². The predicted octanol–water partition coefficient (Wildman–Crippen LogP) is 3.86. The number of nitrogens with zero attached hydrogens (tertiary/aromatic N) is 2. The number of nitrogens with one attached hydrogen (secondary N) is 1. The number of hydrogen-bond acceptors (Lipinski definition) is 5. The molecule has 9 nitrogen and oxygen atoms in total. The minimum atomic E-state index is -1.08. The van der Waals surface area contributed by atoms with E-state index >= 15 is 0 Å². The van der Waals surface area contributed by atoms with Crippen molar-refractivity contribution in [2.24, 2.45) is 16.5 Å². The Labute approximate surface area is 234 Å². The lowest BCUT2D eigenvalue weighted by Crippen LogP contribution is -2.34. The van der Waals surface area contributed by atoms with Crippen LogP contribution in [-0.4, -0.2) is 49.2 Å². The summed E-state index contributed by atoms with van der Waals surface area (Å²) in [7, 11) is 1.67. The molecule has 0 unspecified atom stereocenters. The minimum Gasteiger partial charge on any atom is -0.496 e. The third-order valence-electron chi connectivity index (χ3n) is 7.11. The molecule has 3 aromatic rings. The second kappa shape index (κ2) is 13.1. The number of guanidine groups is 1. The lowest BCUT2D eigenvalue weighted by Gasteiger charge is -2.32. The molecule has 6 N–H and O–H groups in total. The van der Waals surface area contributed by atoms with Crippen LogP contribution < -0.4 is 26.4 Å². The van der Waals surface area contributed by atoms with E-state index in [0.717, 1.165) is 59.6 Å². The number of carbonyl (C=O) groups excluding carboxylic acids is 1. The molecule has 210 valence electrons. The first-order valence-electron chi connectivity index (χ1n) is 13.5. The van der Waals surface area contributed by atoms with E-state index in [9.17, 15) is 9.59 Å². The Kier molecular flexibility index (Phi) is 9.39. The van der Waals surface area contributed by atoms with Crippen molar-refractivity contribution in [1.29, 1.82) is 0 Å². The van der Waals surface area contributed by atoms with Gasteiger partial charge in [-0.25, -0.2) is 0 Å². The highest BCUT2D eigenvalue weighted by atomic mass is 16.5. The minimum absolute atomic E-state index is 0.00502. The predicted molar refractivity (Wildman–Crippen MR) is 158 cm³/mol. The summed E-state index contributed by atoms with van der Waals surface area (Å²) >= 11 is 0. The number of carboxylic acids is 1. The van der Waals surface area contributed by atoms with Crippen molar-refractivity contribution < 1.29 is 19.4 Å². The van der Waals surface area contributed by atoms with Crippen LogP contribution >= 0.6 is 0 Å². The van der Waals surface area contributed by atoms with Gasteiger partial charge >= 0.3 is 5.97 Å². The Balaban J connectivity index is 1.56. The van der Waals surface area contributed by atoms with Crippen LogP contribution in [0.1, 0.15) is 46.3 Å². The number of rotatable bonds is 9. The van der Waals surface area contributed by atoms with E-state index in [2.05, 4.69) is 52.5 Å². The van der Waals surface area contributed by atoms with Gasteiger partial charge in [0.1, 0.15) is 11.8 Å². The van der Waals surface area contributed by atoms with Crippen molar-refractivity contribution in [2.45, 2.75) is 45.2 Å². The highest BCUT2D eigenvalue weighted by Crippen LogP contribution is 2.39. The van der Waals surface area contributed by atoms with Gasteiger partial charge in [0.2, 0.25) is 0 Å². The Bertz CT molecular complexity index is 1380. The summed E-state index contributed by atoms with van der Waals surface area (Å²) in [4.78, 5) is 30.2. The van der Waals surface area contributed by atoms with Crippen LogP contribution in [0.15, 0.2) is 65.7 Å². The molecule has 3 aromatic carbocycles. The maximum atomic E-state index is 12.8. The van der Waals surface area contributed by atoms with Crippen LogP contribution in [0.5, 0.6) is 5.75 Å². The largest absolute Gasteiger partial charge is 0.496 e. The van der Waals surface area contributed by atoms with E-state index in [0.29, 0.717) is 17.7 Å². The maximum absolute atomic E-state index is 12.8. The number of nitrogens with two attached hydrogens (primary N) is 2. The van der Waals surface area contributed by atoms with Gasteiger partial charge in [0.15, 0.2) is 5.96 Å². The monoisotopic (exact) mass is 543 g/mol. The fourth-order valence-electron chi connectivity index (χ4n) is 5.01. The topological polar surface area (TPSA) is 143 Å². The molecule has 0 bridgehead atoms. The number of carbonyl (C=O) groups is 2. The molecule has 1 saturated heterocycles. The van der Waals surface area contributed by atoms with E-state index in [-0.39, 0.29) is 12.4 Å². The zero-order valence-electron chi connectivity index (χ0n) is 23.0. The number of carboxylic acid groups (broad SMARTS) is 1. The van der Waals surface area contributed by atoms with Gasteiger partial charge in [-0.2, -0.15) is 4.99 Å². The molecule has 0 spiro atoms. The van der Waals surface area contributed by atoms with Gasteiger partial charge in [-0.05, 0) is 68.0 Å². The van der Waals surface area contributed by atoms with Crippen LogP contribution in [0.3, 0.4) is 0 Å². The second-order valence-corrected chi connectivity index (χ2v) is 10.1. The average Bonchev–Trinajstić information content (AvgIpc) is 2.96. The highest BCUT2D eigenvalue weighted by Gasteiger charge is 2.21. The summed E-state index contributed by atoms with van der Waals surface area (Å²) in [5, 5.41) is 12.1. The van der Waals surface area contributed by atoms with Crippen molar-refractivity contribution >= 4 is 23.5 Å². The zero-order valence-corrected chi connectivity index (χ0v) is 23.0. The molecule has 40 heavy (non-hydrogen) atoms.